The minimum Gasteiger partial charge on any atom is -0.331 e. The number of aryl methyl sites for hydroxylation is 3. The lowest BCUT2D eigenvalue weighted by Crippen LogP contribution is -2.38. The average molecular weight is 363 g/mol. The maximum atomic E-state index is 13.1. The van der Waals surface area contributed by atoms with E-state index >= 15 is 0 Å². The average Bonchev–Trinajstić information content (AvgIpc) is 3.09. The van der Waals surface area contributed by atoms with Gasteiger partial charge in [-0.2, -0.15) is 5.10 Å². The topological polar surface area (TPSA) is 38.1 Å². The summed E-state index contributed by atoms with van der Waals surface area (Å²) in [6.07, 6.45) is 1.84. The second-order valence-electron chi connectivity index (χ2n) is 7.07. The number of carbonyl (C=O) groups is 1. The Bertz CT molecular complexity index is 945. The summed E-state index contributed by atoms with van der Waals surface area (Å²) in [5, 5.41) is 4.69. The van der Waals surface area contributed by atoms with Crippen LogP contribution in [0.4, 0.5) is 4.39 Å². The van der Waals surface area contributed by atoms with E-state index in [9.17, 15) is 9.18 Å². The largest absolute Gasteiger partial charge is 0.331 e. The Labute approximate surface area is 158 Å². The summed E-state index contributed by atoms with van der Waals surface area (Å²) in [5.41, 5.74) is 5.20. The van der Waals surface area contributed by atoms with Crippen LogP contribution in [0.1, 0.15) is 32.9 Å². The highest BCUT2D eigenvalue weighted by Gasteiger charge is 2.23. The Morgan fingerprint density at radius 1 is 1.04 bits per heavy atom. The van der Waals surface area contributed by atoms with E-state index in [4.69, 9.17) is 5.10 Å². The lowest BCUT2D eigenvalue weighted by atomic mass is 10.1. The second-order valence-corrected chi connectivity index (χ2v) is 7.07. The second kappa shape index (κ2) is 7.35. The molecule has 0 bridgehead atoms. The molecule has 0 saturated carbocycles. The van der Waals surface area contributed by atoms with Crippen LogP contribution in [0.5, 0.6) is 0 Å². The van der Waals surface area contributed by atoms with Crippen LogP contribution in [-0.2, 0) is 25.9 Å². The number of halogens is 1. The number of fused-ring (bicyclic) bond motifs is 1. The lowest BCUT2D eigenvalue weighted by molar-refractivity contribution is 0.0706. The summed E-state index contributed by atoms with van der Waals surface area (Å²) in [7, 11) is 0. The molecule has 0 saturated heterocycles. The van der Waals surface area contributed by atoms with Crippen molar-refractivity contribution in [1.29, 1.82) is 0 Å². The molecule has 0 N–H and O–H groups in total. The fourth-order valence-corrected chi connectivity index (χ4v) is 3.42. The number of benzene rings is 2. The molecule has 0 fully saturated rings. The number of nitrogens with zero attached hydrogens (tertiary/aromatic N) is 3. The first-order chi connectivity index (χ1) is 13.1. The number of hydrogen-bond donors (Lipinski definition) is 0. The molecule has 27 heavy (non-hydrogen) atoms. The Morgan fingerprint density at radius 2 is 1.78 bits per heavy atom. The van der Waals surface area contributed by atoms with Crippen LogP contribution in [0.15, 0.2) is 54.6 Å². The fraction of sp³-hybridized carbons (Fsp3) is 0.273. The van der Waals surface area contributed by atoms with Crippen LogP contribution in [0.3, 0.4) is 0 Å². The third-order valence-electron chi connectivity index (χ3n) is 5.02. The van der Waals surface area contributed by atoms with Crippen molar-refractivity contribution >= 4 is 5.91 Å². The van der Waals surface area contributed by atoms with Gasteiger partial charge in [0, 0.05) is 12.1 Å². The van der Waals surface area contributed by atoms with Gasteiger partial charge in [0.15, 0.2) is 0 Å². The molecule has 0 atom stereocenters. The van der Waals surface area contributed by atoms with Crippen LogP contribution in [0.25, 0.3) is 0 Å². The lowest BCUT2D eigenvalue weighted by Gasteiger charge is -2.27. The minimum absolute atomic E-state index is 0.0661. The molecule has 0 unspecified atom stereocenters. The maximum absolute atomic E-state index is 13.1. The molecule has 4 rings (SSSR count). The normalized spacial score (nSPS) is 13.5. The Hall–Kier alpha value is -2.95. The predicted molar refractivity (Wildman–Crippen MR) is 102 cm³/mol. The molecule has 2 heterocycles. The van der Waals surface area contributed by atoms with E-state index in [1.807, 2.05) is 4.68 Å². The summed E-state index contributed by atoms with van der Waals surface area (Å²) < 4.78 is 15.1. The third kappa shape index (κ3) is 3.92. The van der Waals surface area contributed by atoms with E-state index in [2.05, 4.69) is 37.3 Å². The molecule has 1 amide bonds. The van der Waals surface area contributed by atoms with Crippen molar-refractivity contribution in [3.8, 4) is 0 Å². The number of amides is 1. The monoisotopic (exact) mass is 363 g/mol. The van der Waals surface area contributed by atoms with Crippen molar-refractivity contribution < 1.29 is 9.18 Å². The summed E-state index contributed by atoms with van der Waals surface area (Å²) in [5.74, 6) is -0.398. The highest BCUT2D eigenvalue weighted by Crippen LogP contribution is 2.18. The highest BCUT2D eigenvalue weighted by atomic mass is 19.1. The molecule has 138 valence electrons. The smallest absolute Gasteiger partial charge is 0.254 e. The Morgan fingerprint density at radius 3 is 2.52 bits per heavy atom. The number of hydrogen-bond acceptors (Lipinski definition) is 2. The van der Waals surface area contributed by atoms with Crippen LogP contribution in [0, 0.1) is 12.7 Å². The van der Waals surface area contributed by atoms with Crippen molar-refractivity contribution in [3.63, 3.8) is 0 Å². The zero-order chi connectivity index (χ0) is 18.8. The molecule has 0 spiro atoms. The first-order valence-electron chi connectivity index (χ1n) is 9.24. The molecule has 3 aromatic rings. The van der Waals surface area contributed by atoms with Gasteiger partial charge < -0.3 is 4.90 Å². The zero-order valence-electron chi connectivity index (χ0n) is 15.4. The van der Waals surface area contributed by atoms with Gasteiger partial charge in [0.25, 0.3) is 5.91 Å². The van der Waals surface area contributed by atoms with Gasteiger partial charge in [0.2, 0.25) is 0 Å². The van der Waals surface area contributed by atoms with Gasteiger partial charge in [-0.3, -0.25) is 9.48 Å². The van der Waals surface area contributed by atoms with E-state index in [-0.39, 0.29) is 11.7 Å². The van der Waals surface area contributed by atoms with Gasteiger partial charge in [-0.25, -0.2) is 4.39 Å². The molecular weight excluding hydrogens is 341 g/mol. The first-order valence-corrected chi connectivity index (χ1v) is 9.24. The number of aromatic nitrogens is 2. The molecule has 4 nitrogen and oxygen atoms in total. The van der Waals surface area contributed by atoms with E-state index in [0.717, 1.165) is 24.2 Å². The highest BCUT2D eigenvalue weighted by molar-refractivity contribution is 5.94. The van der Waals surface area contributed by atoms with Gasteiger partial charge in [-0.05, 0) is 55.7 Å². The van der Waals surface area contributed by atoms with Gasteiger partial charge in [0.1, 0.15) is 5.82 Å². The predicted octanol–water partition coefficient (Wildman–Crippen LogP) is 3.77. The van der Waals surface area contributed by atoms with Crippen molar-refractivity contribution in [2.45, 2.75) is 32.9 Å². The van der Waals surface area contributed by atoms with Crippen molar-refractivity contribution in [2.24, 2.45) is 0 Å². The minimum atomic E-state index is -0.332. The van der Waals surface area contributed by atoms with Gasteiger partial charge in [-0.15, -0.1) is 0 Å². The van der Waals surface area contributed by atoms with Crippen molar-refractivity contribution in [3.05, 3.63) is 88.5 Å². The molecule has 1 aliphatic rings. The SMILES string of the molecule is Cc1ccc(CCc2cc3n(n2)CCN(C(=O)c2ccc(F)cc2)C3)cc1. The summed E-state index contributed by atoms with van der Waals surface area (Å²) in [6.45, 7) is 3.93. The summed E-state index contributed by atoms with van der Waals surface area (Å²) in [6, 6.07) is 16.4. The number of carbonyl (C=O) groups excluding carboxylic acids is 1. The van der Waals surface area contributed by atoms with E-state index < -0.39 is 0 Å². The summed E-state index contributed by atoms with van der Waals surface area (Å²) in [4.78, 5) is 14.4. The molecule has 2 aromatic carbocycles. The maximum Gasteiger partial charge on any atom is 0.254 e. The Balaban J connectivity index is 1.42. The quantitative estimate of drug-likeness (QED) is 0.708. The fourth-order valence-electron chi connectivity index (χ4n) is 3.42. The van der Waals surface area contributed by atoms with Gasteiger partial charge in [-0.1, -0.05) is 29.8 Å². The standard InChI is InChI=1S/C22H22FN3O/c1-16-2-4-17(5-3-16)6-11-20-14-21-15-25(12-13-26(21)24-20)22(27)18-7-9-19(23)10-8-18/h2-5,7-10,14H,6,11-13,15H2,1H3. The van der Waals surface area contributed by atoms with Crippen LogP contribution < -0.4 is 0 Å². The molecule has 0 radical (unpaired) electrons. The van der Waals surface area contributed by atoms with Crippen LogP contribution >= 0.6 is 0 Å². The third-order valence-corrected chi connectivity index (χ3v) is 5.02. The molecule has 1 aromatic heterocycles. The van der Waals surface area contributed by atoms with E-state index in [1.54, 1.807) is 4.90 Å². The Kier molecular flexibility index (Phi) is 4.75. The first kappa shape index (κ1) is 17.5. The number of rotatable bonds is 4. The van der Waals surface area contributed by atoms with Gasteiger partial charge >= 0.3 is 0 Å². The molecule has 0 aliphatic carbocycles. The zero-order valence-corrected chi connectivity index (χ0v) is 15.4. The molecule has 1 aliphatic heterocycles. The summed E-state index contributed by atoms with van der Waals surface area (Å²) >= 11 is 0. The molecular formula is C22H22FN3O. The van der Waals surface area contributed by atoms with Crippen molar-refractivity contribution in [2.75, 3.05) is 6.54 Å². The van der Waals surface area contributed by atoms with E-state index in [0.29, 0.717) is 25.2 Å². The molecule has 5 heteroatoms. The van der Waals surface area contributed by atoms with Crippen molar-refractivity contribution in [1.82, 2.24) is 14.7 Å². The van der Waals surface area contributed by atoms with Crippen LogP contribution in [0.2, 0.25) is 0 Å². The van der Waals surface area contributed by atoms with E-state index in [1.165, 1.54) is 35.4 Å². The van der Waals surface area contributed by atoms with Gasteiger partial charge in [0.05, 0.1) is 24.5 Å². The van der Waals surface area contributed by atoms with Crippen LogP contribution in [-0.4, -0.2) is 27.1 Å².